The molecule has 0 atom stereocenters. The predicted molar refractivity (Wildman–Crippen MR) is 85.2 cm³/mol. The molecular formula is C17H22ClFN2O. The number of likely N-dealkylation sites (tertiary alicyclic amines) is 1. The Bertz CT molecular complexity index is 533. The van der Waals surface area contributed by atoms with Gasteiger partial charge in [0.05, 0.1) is 0 Å². The fourth-order valence-electron chi connectivity index (χ4n) is 3.17. The smallest absolute Gasteiger partial charge is 0.225 e. The molecule has 2 aliphatic rings. The number of hydrogen-bond donors (Lipinski definition) is 0. The summed E-state index contributed by atoms with van der Waals surface area (Å²) in [6.45, 7) is 2.29. The van der Waals surface area contributed by atoms with Gasteiger partial charge in [0.2, 0.25) is 5.91 Å². The molecule has 1 heterocycles. The Morgan fingerprint density at radius 1 is 1.32 bits per heavy atom. The maximum atomic E-state index is 13.8. The van der Waals surface area contributed by atoms with Crippen LogP contribution < -0.4 is 0 Å². The van der Waals surface area contributed by atoms with E-state index in [1.807, 2.05) is 11.9 Å². The standard InChI is InChI=1S/C17H22ClFN2O/c1-20(17(22)12-5-6-12)13-7-9-21(10-8-13)11-14-15(18)3-2-4-16(14)19/h2-4,12-13H,5-11H2,1H3. The largest absolute Gasteiger partial charge is 0.342 e. The van der Waals surface area contributed by atoms with E-state index in [1.54, 1.807) is 12.1 Å². The van der Waals surface area contributed by atoms with Crippen LogP contribution in [-0.4, -0.2) is 41.9 Å². The molecule has 1 aliphatic heterocycles. The minimum atomic E-state index is -0.240. The number of nitrogens with zero attached hydrogens (tertiary/aromatic N) is 2. The second kappa shape index (κ2) is 6.55. The van der Waals surface area contributed by atoms with Crippen LogP contribution in [0, 0.1) is 11.7 Å². The highest BCUT2D eigenvalue weighted by molar-refractivity contribution is 6.31. The average Bonchev–Trinajstić information content (AvgIpc) is 3.35. The predicted octanol–water partition coefficient (Wildman–Crippen LogP) is 3.31. The van der Waals surface area contributed by atoms with Crippen LogP contribution in [0.15, 0.2) is 18.2 Å². The Morgan fingerprint density at radius 2 is 2.00 bits per heavy atom. The Morgan fingerprint density at radius 3 is 2.59 bits per heavy atom. The topological polar surface area (TPSA) is 23.6 Å². The van der Waals surface area contributed by atoms with E-state index in [-0.39, 0.29) is 11.7 Å². The van der Waals surface area contributed by atoms with Gasteiger partial charge >= 0.3 is 0 Å². The molecule has 0 aromatic heterocycles. The SMILES string of the molecule is CN(C(=O)C1CC1)C1CCN(Cc2c(F)cccc2Cl)CC1. The van der Waals surface area contributed by atoms with Gasteiger partial charge in [-0.05, 0) is 37.8 Å². The van der Waals surface area contributed by atoms with Crippen molar-refractivity contribution < 1.29 is 9.18 Å². The van der Waals surface area contributed by atoms with E-state index in [2.05, 4.69) is 4.90 Å². The van der Waals surface area contributed by atoms with Crippen LogP contribution in [-0.2, 0) is 11.3 Å². The molecule has 120 valence electrons. The van der Waals surface area contributed by atoms with Crippen molar-refractivity contribution in [2.45, 2.75) is 38.3 Å². The zero-order valence-electron chi connectivity index (χ0n) is 12.9. The molecule has 0 radical (unpaired) electrons. The molecule has 5 heteroatoms. The van der Waals surface area contributed by atoms with Crippen molar-refractivity contribution in [3.05, 3.63) is 34.6 Å². The third-order valence-electron chi connectivity index (χ3n) is 4.82. The second-order valence-corrected chi connectivity index (χ2v) is 6.84. The van der Waals surface area contributed by atoms with Gasteiger partial charge in [0.1, 0.15) is 5.82 Å². The van der Waals surface area contributed by atoms with Gasteiger partial charge < -0.3 is 4.90 Å². The van der Waals surface area contributed by atoms with Crippen molar-refractivity contribution in [2.24, 2.45) is 5.92 Å². The summed E-state index contributed by atoms with van der Waals surface area (Å²) < 4.78 is 13.8. The number of halogens is 2. The zero-order valence-corrected chi connectivity index (χ0v) is 13.7. The Kier molecular flexibility index (Phi) is 4.69. The van der Waals surface area contributed by atoms with Gasteiger partial charge in [0, 0.05) is 49.2 Å². The van der Waals surface area contributed by atoms with Crippen LogP contribution in [0.4, 0.5) is 4.39 Å². The number of amides is 1. The number of rotatable bonds is 4. The monoisotopic (exact) mass is 324 g/mol. The zero-order chi connectivity index (χ0) is 15.7. The number of carbonyl (C=O) groups excluding carboxylic acids is 1. The summed E-state index contributed by atoms with van der Waals surface area (Å²) in [5, 5.41) is 0.489. The number of benzene rings is 1. The fourth-order valence-corrected chi connectivity index (χ4v) is 3.39. The summed E-state index contributed by atoms with van der Waals surface area (Å²) in [6, 6.07) is 5.14. The molecule has 1 aliphatic carbocycles. The lowest BCUT2D eigenvalue weighted by Gasteiger charge is -2.37. The first kappa shape index (κ1) is 15.8. The van der Waals surface area contributed by atoms with Gasteiger partial charge in [-0.1, -0.05) is 17.7 Å². The van der Waals surface area contributed by atoms with Crippen LogP contribution in [0.5, 0.6) is 0 Å². The molecule has 0 spiro atoms. The first-order chi connectivity index (χ1) is 10.6. The van der Waals surface area contributed by atoms with Gasteiger partial charge in [-0.15, -0.1) is 0 Å². The van der Waals surface area contributed by atoms with Crippen LogP contribution in [0.3, 0.4) is 0 Å². The Labute approximate surface area is 136 Å². The summed E-state index contributed by atoms with van der Waals surface area (Å²) in [5.41, 5.74) is 0.574. The number of hydrogen-bond acceptors (Lipinski definition) is 2. The van der Waals surface area contributed by atoms with Gasteiger partial charge in [-0.25, -0.2) is 4.39 Å². The Hall–Kier alpha value is -1.13. The fraction of sp³-hybridized carbons (Fsp3) is 0.588. The third kappa shape index (κ3) is 3.44. The van der Waals surface area contributed by atoms with Gasteiger partial charge in [-0.3, -0.25) is 9.69 Å². The van der Waals surface area contributed by atoms with Gasteiger partial charge in [-0.2, -0.15) is 0 Å². The molecule has 22 heavy (non-hydrogen) atoms. The molecule has 0 bridgehead atoms. The number of piperidine rings is 1. The molecule has 2 fully saturated rings. The molecule has 1 aromatic rings. The highest BCUT2D eigenvalue weighted by Gasteiger charge is 2.35. The lowest BCUT2D eigenvalue weighted by atomic mass is 10.0. The van der Waals surface area contributed by atoms with E-state index in [9.17, 15) is 9.18 Å². The molecule has 1 aromatic carbocycles. The maximum absolute atomic E-state index is 13.8. The van der Waals surface area contributed by atoms with Crippen molar-refractivity contribution in [3.63, 3.8) is 0 Å². The summed E-state index contributed by atoms with van der Waals surface area (Å²) >= 11 is 6.09. The minimum absolute atomic E-state index is 0.240. The third-order valence-corrected chi connectivity index (χ3v) is 5.18. The van der Waals surface area contributed by atoms with Crippen LogP contribution >= 0.6 is 11.6 Å². The molecule has 0 unspecified atom stereocenters. The number of carbonyl (C=O) groups is 1. The first-order valence-electron chi connectivity index (χ1n) is 7.98. The van der Waals surface area contributed by atoms with E-state index < -0.39 is 0 Å². The van der Waals surface area contributed by atoms with E-state index in [4.69, 9.17) is 11.6 Å². The van der Waals surface area contributed by atoms with Crippen molar-refractivity contribution >= 4 is 17.5 Å². The summed E-state index contributed by atoms with van der Waals surface area (Å²) in [6.07, 6.45) is 3.99. The quantitative estimate of drug-likeness (QED) is 0.848. The van der Waals surface area contributed by atoms with Crippen molar-refractivity contribution in [1.82, 2.24) is 9.80 Å². The Balaban J connectivity index is 1.54. The lowest BCUT2D eigenvalue weighted by molar-refractivity contribution is -0.134. The normalized spacial score (nSPS) is 20.1. The van der Waals surface area contributed by atoms with Gasteiger partial charge in [0.25, 0.3) is 0 Å². The lowest BCUT2D eigenvalue weighted by Crippen LogP contribution is -2.45. The van der Waals surface area contributed by atoms with E-state index >= 15 is 0 Å². The summed E-state index contributed by atoms with van der Waals surface area (Å²) in [7, 11) is 1.93. The molecule has 3 nitrogen and oxygen atoms in total. The van der Waals surface area contributed by atoms with Crippen LogP contribution in [0.25, 0.3) is 0 Å². The van der Waals surface area contributed by atoms with Crippen LogP contribution in [0.2, 0.25) is 5.02 Å². The molecule has 1 amide bonds. The molecule has 0 N–H and O–H groups in total. The van der Waals surface area contributed by atoms with Crippen LogP contribution in [0.1, 0.15) is 31.2 Å². The van der Waals surface area contributed by atoms with E-state index in [0.717, 1.165) is 38.8 Å². The highest BCUT2D eigenvalue weighted by Crippen LogP contribution is 2.32. The average molecular weight is 325 g/mol. The van der Waals surface area contributed by atoms with E-state index in [1.165, 1.54) is 6.07 Å². The van der Waals surface area contributed by atoms with Crippen molar-refractivity contribution in [3.8, 4) is 0 Å². The molecule has 1 saturated heterocycles. The summed E-state index contributed by atoms with van der Waals surface area (Å²) in [5.74, 6) is 0.339. The highest BCUT2D eigenvalue weighted by atomic mass is 35.5. The molecular weight excluding hydrogens is 303 g/mol. The van der Waals surface area contributed by atoms with Gasteiger partial charge in [0.15, 0.2) is 0 Å². The minimum Gasteiger partial charge on any atom is -0.342 e. The van der Waals surface area contributed by atoms with Crippen molar-refractivity contribution in [2.75, 3.05) is 20.1 Å². The second-order valence-electron chi connectivity index (χ2n) is 6.43. The molecule has 3 rings (SSSR count). The molecule has 1 saturated carbocycles. The first-order valence-corrected chi connectivity index (χ1v) is 8.36. The van der Waals surface area contributed by atoms with E-state index in [0.29, 0.717) is 29.1 Å². The summed E-state index contributed by atoms with van der Waals surface area (Å²) in [4.78, 5) is 16.3. The maximum Gasteiger partial charge on any atom is 0.225 e. The van der Waals surface area contributed by atoms with Crippen molar-refractivity contribution in [1.29, 1.82) is 0 Å².